The van der Waals surface area contributed by atoms with Crippen molar-refractivity contribution in [2.75, 3.05) is 11.9 Å². The average Bonchev–Trinajstić information content (AvgIpc) is 3.18. The first-order chi connectivity index (χ1) is 12.6. The minimum Gasteiger partial charge on any atom is -0.492 e. The van der Waals surface area contributed by atoms with Crippen LogP contribution in [0.25, 0.3) is 10.6 Å². The maximum atomic E-state index is 12.7. The minimum absolute atomic E-state index is 0.328. The van der Waals surface area contributed by atoms with Crippen LogP contribution in [0.4, 0.5) is 5.69 Å². The van der Waals surface area contributed by atoms with Crippen molar-refractivity contribution in [1.82, 2.24) is 9.78 Å². The smallest absolute Gasteiger partial charge is 0.267 e. The van der Waals surface area contributed by atoms with Crippen molar-refractivity contribution in [2.45, 2.75) is 19.9 Å². The lowest BCUT2D eigenvalue weighted by atomic mass is 10.2. The maximum Gasteiger partial charge on any atom is 0.267 e. The van der Waals surface area contributed by atoms with E-state index in [1.807, 2.05) is 36.6 Å². The van der Waals surface area contributed by atoms with E-state index in [9.17, 15) is 9.59 Å². The summed E-state index contributed by atoms with van der Waals surface area (Å²) in [6, 6.07) is 13.4. The molecule has 0 aliphatic heterocycles. The van der Waals surface area contributed by atoms with Gasteiger partial charge in [-0.1, -0.05) is 18.2 Å². The van der Waals surface area contributed by atoms with Gasteiger partial charge in [0.05, 0.1) is 17.2 Å². The molecule has 0 aliphatic carbocycles. The van der Waals surface area contributed by atoms with Crippen LogP contribution < -0.4 is 15.6 Å². The van der Waals surface area contributed by atoms with Crippen molar-refractivity contribution >= 4 is 22.9 Å². The number of carbonyl (C=O) groups is 1. The second kappa shape index (κ2) is 7.97. The van der Waals surface area contributed by atoms with Crippen LogP contribution in [0, 0.1) is 0 Å². The Kier molecular flexibility index (Phi) is 5.48. The topological polar surface area (TPSA) is 73.2 Å². The van der Waals surface area contributed by atoms with Crippen LogP contribution in [-0.4, -0.2) is 22.3 Å². The average molecular weight is 369 g/mol. The summed E-state index contributed by atoms with van der Waals surface area (Å²) in [5.41, 5.74) is 0.897. The van der Waals surface area contributed by atoms with Gasteiger partial charge in [0, 0.05) is 6.07 Å². The summed E-state index contributed by atoms with van der Waals surface area (Å²) in [5.74, 6) is 0.248. The van der Waals surface area contributed by atoms with Crippen LogP contribution >= 0.6 is 11.3 Å². The van der Waals surface area contributed by atoms with E-state index >= 15 is 0 Å². The molecule has 1 amide bonds. The molecular weight excluding hydrogens is 350 g/mol. The quantitative estimate of drug-likeness (QED) is 0.721. The SMILES string of the molecule is CCOc1ccccc1NC(=O)C(C)n1nc(-c2cccs2)ccc1=O. The van der Waals surface area contributed by atoms with Gasteiger partial charge in [-0.15, -0.1) is 11.3 Å². The van der Waals surface area contributed by atoms with Crippen LogP contribution in [0.15, 0.2) is 58.7 Å². The van der Waals surface area contributed by atoms with E-state index in [4.69, 9.17) is 4.74 Å². The summed E-state index contributed by atoms with van der Waals surface area (Å²) in [6.45, 7) is 4.01. The van der Waals surface area contributed by atoms with E-state index in [0.29, 0.717) is 23.7 Å². The number of hydrogen-bond donors (Lipinski definition) is 1. The molecule has 0 spiro atoms. The van der Waals surface area contributed by atoms with Crippen molar-refractivity contribution < 1.29 is 9.53 Å². The van der Waals surface area contributed by atoms with Crippen molar-refractivity contribution in [1.29, 1.82) is 0 Å². The van der Waals surface area contributed by atoms with E-state index in [1.54, 1.807) is 25.1 Å². The number of aromatic nitrogens is 2. The Morgan fingerprint density at radius 3 is 2.77 bits per heavy atom. The molecule has 26 heavy (non-hydrogen) atoms. The first-order valence-corrected chi connectivity index (χ1v) is 9.14. The zero-order valence-corrected chi connectivity index (χ0v) is 15.3. The summed E-state index contributed by atoms with van der Waals surface area (Å²) in [4.78, 5) is 25.8. The van der Waals surface area contributed by atoms with Crippen LogP contribution in [-0.2, 0) is 4.79 Å². The van der Waals surface area contributed by atoms with E-state index in [1.165, 1.54) is 22.1 Å². The molecular formula is C19H19N3O3S. The molecule has 0 saturated heterocycles. The van der Waals surface area contributed by atoms with Gasteiger partial charge in [-0.25, -0.2) is 4.68 Å². The van der Waals surface area contributed by atoms with Gasteiger partial charge in [-0.05, 0) is 43.5 Å². The number of hydrogen-bond acceptors (Lipinski definition) is 5. The van der Waals surface area contributed by atoms with Gasteiger partial charge < -0.3 is 10.1 Å². The number of rotatable bonds is 6. The molecule has 0 radical (unpaired) electrons. The minimum atomic E-state index is -0.767. The standard InChI is InChI=1S/C19H19N3O3S/c1-3-25-16-8-5-4-7-14(16)20-19(24)13(2)22-18(23)11-10-15(21-22)17-9-6-12-26-17/h4-13H,3H2,1-2H3,(H,20,24). The number of nitrogens with one attached hydrogen (secondary N) is 1. The first kappa shape index (κ1) is 17.9. The highest BCUT2D eigenvalue weighted by Gasteiger charge is 2.19. The molecule has 0 saturated carbocycles. The third-order valence-corrected chi connectivity index (χ3v) is 4.68. The lowest BCUT2D eigenvalue weighted by Crippen LogP contribution is -2.33. The van der Waals surface area contributed by atoms with Crippen molar-refractivity contribution in [2.24, 2.45) is 0 Å². The summed E-state index contributed by atoms with van der Waals surface area (Å²) in [6.07, 6.45) is 0. The van der Waals surface area contributed by atoms with Crippen LogP contribution in [0.5, 0.6) is 5.75 Å². The molecule has 1 unspecified atom stereocenters. The summed E-state index contributed by atoms with van der Waals surface area (Å²) in [7, 11) is 0. The molecule has 1 atom stereocenters. The van der Waals surface area contributed by atoms with Gasteiger partial charge in [0.1, 0.15) is 17.5 Å². The molecule has 3 aromatic rings. The van der Waals surface area contributed by atoms with Gasteiger partial charge >= 0.3 is 0 Å². The fourth-order valence-corrected chi connectivity index (χ4v) is 3.15. The molecule has 6 nitrogen and oxygen atoms in total. The monoisotopic (exact) mass is 369 g/mol. The Balaban J connectivity index is 1.85. The molecule has 134 valence electrons. The summed E-state index contributed by atoms with van der Waals surface area (Å²) < 4.78 is 6.72. The molecule has 0 aliphatic rings. The van der Waals surface area contributed by atoms with Gasteiger partial charge in [0.25, 0.3) is 5.56 Å². The number of anilines is 1. The van der Waals surface area contributed by atoms with Crippen LogP contribution in [0.3, 0.4) is 0 Å². The molecule has 1 aromatic carbocycles. The fraction of sp³-hybridized carbons (Fsp3) is 0.211. The highest BCUT2D eigenvalue weighted by Crippen LogP contribution is 2.25. The first-order valence-electron chi connectivity index (χ1n) is 8.26. The summed E-state index contributed by atoms with van der Waals surface area (Å²) in [5, 5.41) is 9.11. The van der Waals surface area contributed by atoms with Crippen molar-refractivity contribution in [3.05, 3.63) is 64.3 Å². The van der Waals surface area contributed by atoms with Crippen molar-refractivity contribution in [3.63, 3.8) is 0 Å². The largest absolute Gasteiger partial charge is 0.492 e. The molecule has 2 heterocycles. The van der Waals surface area contributed by atoms with Gasteiger partial charge in [0.2, 0.25) is 5.91 Å². The lowest BCUT2D eigenvalue weighted by Gasteiger charge is -2.16. The number of thiophene rings is 1. The van der Waals surface area contributed by atoms with Crippen LogP contribution in [0.1, 0.15) is 19.9 Å². The van der Waals surface area contributed by atoms with E-state index < -0.39 is 6.04 Å². The molecule has 3 rings (SSSR count). The van der Waals surface area contributed by atoms with Gasteiger partial charge in [-0.3, -0.25) is 9.59 Å². The van der Waals surface area contributed by atoms with E-state index in [0.717, 1.165) is 4.88 Å². The molecule has 7 heteroatoms. The lowest BCUT2D eigenvalue weighted by molar-refractivity contribution is -0.119. The van der Waals surface area contributed by atoms with Crippen molar-refractivity contribution in [3.8, 4) is 16.3 Å². The Hall–Kier alpha value is -2.93. The Morgan fingerprint density at radius 1 is 1.23 bits per heavy atom. The molecule has 2 aromatic heterocycles. The van der Waals surface area contributed by atoms with Gasteiger partial charge in [-0.2, -0.15) is 5.10 Å². The maximum absolute atomic E-state index is 12.7. The Morgan fingerprint density at radius 2 is 2.04 bits per heavy atom. The normalized spacial score (nSPS) is 11.8. The number of carbonyl (C=O) groups excluding carboxylic acids is 1. The second-order valence-electron chi connectivity index (χ2n) is 5.57. The third-order valence-electron chi connectivity index (χ3n) is 3.79. The Labute approximate surface area is 155 Å². The highest BCUT2D eigenvalue weighted by molar-refractivity contribution is 7.13. The number of para-hydroxylation sites is 2. The zero-order valence-electron chi connectivity index (χ0n) is 14.5. The zero-order chi connectivity index (χ0) is 18.5. The fourth-order valence-electron chi connectivity index (χ4n) is 2.46. The number of nitrogens with zero attached hydrogens (tertiary/aromatic N) is 2. The van der Waals surface area contributed by atoms with E-state index in [-0.39, 0.29) is 11.5 Å². The predicted octanol–water partition coefficient (Wildman–Crippen LogP) is 3.57. The molecule has 0 bridgehead atoms. The van der Waals surface area contributed by atoms with Crippen LogP contribution in [0.2, 0.25) is 0 Å². The third kappa shape index (κ3) is 3.83. The number of ether oxygens (including phenoxy) is 1. The molecule has 0 fully saturated rings. The summed E-state index contributed by atoms with van der Waals surface area (Å²) >= 11 is 1.53. The van der Waals surface area contributed by atoms with Gasteiger partial charge in [0.15, 0.2) is 0 Å². The number of benzene rings is 1. The second-order valence-corrected chi connectivity index (χ2v) is 6.52. The number of amides is 1. The highest BCUT2D eigenvalue weighted by atomic mass is 32.1. The Bertz CT molecular complexity index is 951. The van der Waals surface area contributed by atoms with E-state index in [2.05, 4.69) is 10.4 Å². The molecule has 1 N–H and O–H groups in total. The predicted molar refractivity (Wildman–Crippen MR) is 103 cm³/mol.